The second-order valence-corrected chi connectivity index (χ2v) is 7.38. The molecule has 0 saturated heterocycles. The summed E-state index contributed by atoms with van der Waals surface area (Å²) in [5, 5.41) is 2.51. The Morgan fingerprint density at radius 3 is 2.56 bits per heavy atom. The first kappa shape index (κ1) is 25.5. The average molecular weight is 530 g/mol. The summed E-state index contributed by atoms with van der Waals surface area (Å²) >= 11 is 3.14. The minimum atomic E-state index is -1.23. The van der Waals surface area contributed by atoms with Gasteiger partial charge in [0, 0.05) is 17.2 Å². The van der Waals surface area contributed by atoms with Crippen molar-refractivity contribution < 1.29 is 32.2 Å². The number of amides is 1. The van der Waals surface area contributed by atoms with Crippen LogP contribution in [0.1, 0.15) is 17.3 Å². The van der Waals surface area contributed by atoms with Gasteiger partial charge in [0.05, 0.1) is 30.1 Å². The van der Waals surface area contributed by atoms with Crippen molar-refractivity contribution in [2.75, 3.05) is 18.5 Å². The van der Waals surface area contributed by atoms with Crippen LogP contribution in [0.3, 0.4) is 0 Å². The highest BCUT2D eigenvalue weighted by Crippen LogP contribution is 2.26. The van der Waals surface area contributed by atoms with Gasteiger partial charge in [-0.3, -0.25) is 14.4 Å². The maximum absolute atomic E-state index is 15.1. The number of rotatable bonds is 8. The molecule has 170 valence electrons. The highest BCUT2D eigenvalue weighted by Gasteiger charge is 2.22. The van der Waals surface area contributed by atoms with Crippen molar-refractivity contribution in [3.63, 3.8) is 0 Å². The van der Waals surface area contributed by atoms with Crippen LogP contribution in [-0.2, 0) is 11.4 Å². The zero-order valence-corrected chi connectivity index (χ0v) is 18.9. The molecule has 3 rings (SSSR count). The van der Waals surface area contributed by atoms with Crippen molar-refractivity contribution in [3.8, 4) is 0 Å². The molecule has 1 amide bonds. The summed E-state index contributed by atoms with van der Waals surface area (Å²) in [7, 11) is 0. The third kappa shape index (κ3) is 6.13. The van der Waals surface area contributed by atoms with Gasteiger partial charge in [-0.05, 0) is 23.8 Å². The number of hydroxylamine groups is 1. The fourth-order valence-corrected chi connectivity index (χ4v) is 3.11. The minimum absolute atomic E-state index is 0. The molecule has 0 bridgehead atoms. The van der Waals surface area contributed by atoms with Crippen LogP contribution in [-0.4, -0.2) is 23.6 Å². The van der Waals surface area contributed by atoms with Gasteiger partial charge in [-0.15, -0.1) is 0 Å². The third-order valence-corrected chi connectivity index (χ3v) is 4.73. The lowest BCUT2D eigenvalue weighted by Crippen LogP contribution is -3.00. The lowest BCUT2D eigenvalue weighted by atomic mass is 10.1. The van der Waals surface area contributed by atoms with Crippen molar-refractivity contribution in [2.45, 2.75) is 6.54 Å². The Hall–Kier alpha value is -2.79. The van der Waals surface area contributed by atoms with Gasteiger partial charge in [0.2, 0.25) is 5.82 Å². The first-order valence-corrected chi connectivity index (χ1v) is 10.0. The van der Waals surface area contributed by atoms with Crippen LogP contribution < -0.4 is 34.5 Å². The summed E-state index contributed by atoms with van der Waals surface area (Å²) in [5.74, 6) is -2.76. The Kier molecular flexibility index (Phi) is 9.33. The number of aromatic nitrogens is 1. The van der Waals surface area contributed by atoms with Crippen molar-refractivity contribution in [1.82, 2.24) is 10.0 Å². The molecular weight excluding hydrogens is 510 g/mol. The number of nitrogens with zero attached hydrogens (tertiary/aromatic N) is 1. The van der Waals surface area contributed by atoms with E-state index in [2.05, 4.69) is 26.7 Å². The van der Waals surface area contributed by atoms with Gasteiger partial charge in [-0.1, -0.05) is 46.3 Å². The normalized spacial score (nSPS) is 10.4. The van der Waals surface area contributed by atoms with Gasteiger partial charge in [0.1, 0.15) is 5.82 Å². The SMILES string of the molecule is NCCONC(=O)c1cn(Cc2ccccc2)c(=O)c(F)c1Nc1ccc(Br)cc1F.[Cl-].[H+]. The van der Waals surface area contributed by atoms with Crippen molar-refractivity contribution in [3.05, 3.63) is 92.3 Å². The molecule has 0 fully saturated rings. The monoisotopic (exact) mass is 528 g/mol. The fourth-order valence-electron chi connectivity index (χ4n) is 2.78. The number of carbonyl (C=O) groups is 1. The van der Waals surface area contributed by atoms with Gasteiger partial charge >= 0.3 is 1.43 Å². The van der Waals surface area contributed by atoms with Crippen LogP contribution in [0.2, 0.25) is 0 Å². The molecule has 2 aromatic carbocycles. The van der Waals surface area contributed by atoms with E-state index < -0.39 is 28.8 Å². The standard InChI is InChI=1S/C21H19BrF2N4O3.ClH/c22-14-6-7-17(16(23)10-14)26-19-15(20(29)27-31-9-8-25)12-28(21(30)18(19)24)11-13-4-2-1-3-5-13;/h1-7,10,12,26H,8-9,11,25H2,(H,27,29);1H. The van der Waals surface area contributed by atoms with Gasteiger partial charge in [0.15, 0.2) is 0 Å². The average Bonchev–Trinajstić information content (AvgIpc) is 2.75. The first-order valence-electron chi connectivity index (χ1n) is 9.22. The van der Waals surface area contributed by atoms with Crippen LogP contribution in [0.15, 0.2) is 64.0 Å². The van der Waals surface area contributed by atoms with E-state index in [9.17, 15) is 14.0 Å². The molecule has 0 aliphatic heterocycles. The number of anilines is 2. The smallest absolute Gasteiger partial charge is 1.00 e. The highest BCUT2D eigenvalue weighted by atomic mass is 79.9. The maximum atomic E-state index is 15.1. The van der Waals surface area contributed by atoms with Crippen LogP contribution in [0.4, 0.5) is 20.2 Å². The molecule has 0 aliphatic carbocycles. The Labute approximate surface area is 198 Å². The third-order valence-electron chi connectivity index (χ3n) is 4.24. The van der Waals surface area contributed by atoms with Crippen LogP contribution in [0, 0.1) is 11.6 Å². The largest absolute Gasteiger partial charge is 1.00 e. The zero-order chi connectivity index (χ0) is 22.4. The number of hydrogen-bond acceptors (Lipinski definition) is 5. The number of pyridine rings is 1. The topological polar surface area (TPSA) is 98.4 Å². The highest BCUT2D eigenvalue weighted by molar-refractivity contribution is 9.10. The Morgan fingerprint density at radius 1 is 1.19 bits per heavy atom. The molecule has 0 aliphatic rings. The van der Waals surface area contributed by atoms with Gasteiger partial charge in [-0.25, -0.2) is 9.87 Å². The molecule has 1 aromatic heterocycles. The van der Waals surface area contributed by atoms with Crippen LogP contribution in [0.5, 0.6) is 0 Å². The molecule has 32 heavy (non-hydrogen) atoms. The molecule has 0 unspecified atom stereocenters. The molecule has 7 nitrogen and oxygen atoms in total. The number of nitrogens with two attached hydrogens (primary N) is 1. The lowest BCUT2D eigenvalue weighted by Gasteiger charge is -2.16. The quantitative estimate of drug-likeness (QED) is 0.290. The molecule has 0 atom stereocenters. The van der Waals surface area contributed by atoms with E-state index in [0.29, 0.717) is 4.47 Å². The summed E-state index contributed by atoms with van der Waals surface area (Å²) in [6, 6.07) is 12.9. The zero-order valence-electron chi connectivity index (χ0n) is 17.6. The predicted molar refractivity (Wildman–Crippen MR) is 117 cm³/mol. The molecular formula is C21H20BrClF2N4O3. The fraction of sp³-hybridized carbons (Fsp3) is 0.143. The van der Waals surface area contributed by atoms with Crippen molar-refractivity contribution in [2.24, 2.45) is 5.73 Å². The van der Waals surface area contributed by atoms with E-state index in [1.165, 1.54) is 24.4 Å². The summed E-state index contributed by atoms with van der Waals surface area (Å²) in [4.78, 5) is 30.2. The van der Waals surface area contributed by atoms with E-state index in [1.54, 1.807) is 30.3 Å². The molecule has 0 radical (unpaired) electrons. The van der Waals surface area contributed by atoms with E-state index in [-0.39, 0.29) is 44.8 Å². The Balaban J connectivity index is 0.00000272. The Morgan fingerprint density at radius 2 is 1.91 bits per heavy atom. The van der Waals surface area contributed by atoms with Crippen molar-refractivity contribution >= 4 is 33.2 Å². The second kappa shape index (κ2) is 11.7. The van der Waals surface area contributed by atoms with Crippen LogP contribution >= 0.6 is 15.9 Å². The Bertz CT molecular complexity index is 1150. The maximum Gasteiger partial charge on any atom is 1.00 e. The molecule has 11 heteroatoms. The van der Waals surface area contributed by atoms with Gasteiger partial charge in [0.25, 0.3) is 11.5 Å². The number of benzene rings is 2. The number of hydrogen-bond donors (Lipinski definition) is 3. The van der Waals surface area contributed by atoms with Crippen molar-refractivity contribution in [1.29, 1.82) is 0 Å². The molecule has 0 spiro atoms. The predicted octanol–water partition coefficient (Wildman–Crippen LogP) is 0.417. The first-order chi connectivity index (χ1) is 14.9. The summed E-state index contributed by atoms with van der Waals surface area (Å²) in [5.41, 5.74) is 6.41. The molecule has 4 N–H and O–H groups in total. The van der Waals surface area contributed by atoms with Gasteiger partial charge < -0.3 is 28.0 Å². The number of carbonyl (C=O) groups excluding carboxylic acids is 1. The second-order valence-electron chi connectivity index (χ2n) is 6.47. The van der Waals surface area contributed by atoms with E-state index in [1.807, 2.05) is 0 Å². The number of nitrogens with one attached hydrogen (secondary N) is 2. The van der Waals surface area contributed by atoms with Crippen LogP contribution in [0.25, 0.3) is 0 Å². The number of halogens is 4. The van der Waals surface area contributed by atoms with E-state index in [0.717, 1.165) is 10.1 Å². The summed E-state index contributed by atoms with van der Waals surface area (Å²) in [6.07, 6.45) is 1.19. The van der Waals surface area contributed by atoms with E-state index >= 15 is 4.39 Å². The van der Waals surface area contributed by atoms with Gasteiger partial charge in [-0.2, -0.15) is 4.39 Å². The van der Waals surface area contributed by atoms with E-state index in [4.69, 9.17) is 10.6 Å². The molecule has 0 saturated carbocycles. The minimum Gasteiger partial charge on any atom is -1.00 e. The molecule has 1 heterocycles. The summed E-state index contributed by atoms with van der Waals surface area (Å²) in [6.45, 7) is 0.215. The molecule has 3 aromatic rings. The lowest BCUT2D eigenvalue weighted by molar-refractivity contribution is -0.0000179. The summed E-state index contributed by atoms with van der Waals surface area (Å²) < 4.78 is 30.9.